The van der Waals surface area contributed by atoms with Gasteiger partial charge in [0.2, 0.25) is 0 Å². The third kappa shape index (κ3) is 5.16. The van der Waals surface area contributed by atoms with E-state index in [9.17, 15) is 14.7 Å². The van der Waals surface area contributed by atoms with E-state index in [-0.39, 0.29) is 37.7 Å². The number of nitrogens with zero attached hydrogens (tertiary/aromatic N) is 1. The van der Waals surface area contributed by atoms with E-state index in [0.717, 1.165) is 0 Å². The molecule has 0 saturated carbocycles. The molecule has 0 radical (unpaired) electrons. The Morgan fingerprint density at radius 1 is 1.00 bits per heavy atom. The molecular formula is C25H29NO8. The highest BCUT2D eigenvalue weighted by atomic mass is 16.5. The minimum atomic E-state index is -0.936. The quantitative estimate of drug-likeness (QED) is 0.222. The molecule has 9 nitrogen and oxygen atoms in total. The van der Waals surface area contributed by atoms with Crippen molar-refractivity contribution in [2.75, 3.05) is 47.2 Å². The Kier molecular flexibility index (Phi) is 8.50. The van der Waals surface area contributed by atoms with E-state index in [1.807, 2.05) is 6.92 Å². The van der Waals surface area contributed by atoms with Crippen molar-refractivity contribution < 1.29 is 38.7 Å². The first kappa shape index (κ1) is 25.1. The molecule has 2 aromatic rings. The first-order valence-corrected chi connectivity index (χ1v) is 10.9. The third-order valence-corrected chi connectivity index (χ3v) is 5.42. The van der Waals surface area contributed by atoms with E-state index in [1.165, 1.54) is 19.1 Å². The SMILES string of the molecule is CCOc1ccc(/C(O)=C2\C(=O)C(=O)N(CCOCCO)[C@@H]2c2cc(OC)ccc2OC)cc1. The molecule has 0 aromatic heterocycles. The van der Waals surface area contributed by atoms with Crippen molar-refractivity contribution in [3.05, 3.63) is 59.2 Å². The Morgan fingerprint density at radius 3 is 2.32 bits per heavy atom. The number of hydrogen-bond donors (Lipinski definition) is 2. The lowest BCUT2D eigenvalue weighted by atomic mass is 9.94. The molecule has 34 heavy (non-hydrogen) atoms. The summed E-state index contributed by atoms with van der Waals surface area (Å²) in [5.74, 6) is -0.356. The standard InChI is InChI=1S/C25H29NO8/c1-4-34-17-7-5-16(6-8-17)23(28)21-22(19-15-18(31-2)9-10-20(19)32-3)26(25(30)24(21)29)11-13-33-14-12-27/h5-10,15,22,27-28H,4,11-14H2,1-3H3/b23-21+/t22-/m1/s1. The van der Waals surface area contributed by atoms with Gasteiger partial charge in [0.25, 0.3) is 11.7 Å². The second-order valence-corrected chi connectivity index (χ2v) is 7.39. The first-order valence-electron chi connectivity index (χ1n) is 10.9. The van der Waals surface area contributed by atoms with Crippen molar-refractivity contribution in [1.29, 1.82) is 0 Å². The highest BCUT2D eigenvalue weighted by molar-refractivity contribution is 6.46. The number of amides is 1. The van der Waals surface area contributed by atoms with Crippen LogP contribution in [0.2, 0.25) is 0 Å². The van der Waals surface area contributed by atoms with Gasteiger partial charge in [-0.2, -0.15) is 0 Å². The molecule has 1 atom stereocenters. The fourth-order valence-corrected chi connectivity index (χ4v) is 3.85. The van der Waals surface area contributed by atoms with Crippen molar-refractivity contribution in [3.8, 4) is 17.2 Å². The number of carbonyl (C=O) groups is 2. The molecule has 1 heterocycles. The number of likely N-dealkylation sites (tertiary alicyclic amines) is 1. The summed E-state index contributed by atoms with van der Waals surface area (Å²) in [6.45, 7) is 2.45. The molecule has 1 aliphatic rings. The summed E-state index contributed by atoms with van der Waals surface area (Å²) in [5, 5.41) is 20.1. The van der Waals surface area contributed by atoms with Crippen LogP contribution in [0.25, 0.3) is 5.76 Å². The van der Waals surface area contributed by atoms with Crippen LogP contribution in [0.3, 0.4) is 0 Å². The Bertz CT molecular complexity index is 1050. The molecule has 1 saturated heterocycles. The summed E-state index contributed by atoms with van der Waals surface area (Å²) < 4.78 is 21.6. The van der Waals surface area contributed by atoms with Crippen LogP contribution in [0.1, 0.15) is 24.1 Å². The molecule has 1 amide bonds. The number of ketones is 1. The van der Waals surface area contributed by atoms with Crippen LogP contribution in [0.15, 0.2) is 48.0 Å². The smallest absolute Gasteiger partial charge is 0.295 e. The summed E-state index contributed by atoms with van der Waals surface area (Å²) in [6, 6.07) is 10.7. The average Bonchev–Trinajstić information content (AvgIpc) is 3.11. The van der Waals surface area contributed by atoms with Crippen LogP contribution in [0.5, 0.6) is 17.2 Å². The van der Waals surface area contributed by atoms with Crippen LogP contribution >= 0.6 is 0 Å². The fraction of sp³-hybridized carbons (Fsp3) is 0.360. The monoisotopic (exact) mass is 471 g/mol. The Hall–Kier alpha value is -3.56. The van der Waals surface area contributed by atoms with Gasteiger partial charge in [-0.25, -0.2) is 0 Å². The van der Waals surface area contributed by atoms with Gasteiger partial charge in [0.05, 0.1) is 52.3 Å². The van der Waals surface area contributed by atoms with E-state index in [2.05, 4.69) is 0 Å². The molecule has 0 unspecified atom stereocenters. The van der Waals surface area contributed by atoms with Crippen LogP contribution in [-0.4, -0.2) is 74.0 Å². The van der Waals surface area contributed by atoms with Crippen molar-refractivity contribution in [2.45, 2.75) is 13.0 Å². The second-order valence-electron chi connectivity index (χ2n) is 7.39. The van der Waals surface area contributed by atoms with E-state index >= 15 is 0 Å². The molecule has 3 rings (SSSR count). The minimum absolute atomic E-state index is 0.0651. The lowest BCUT2D eigenvalue weighted by Crippen LogP contribution is -2.33. The molecule has 1 aliphatic heterocycles. The topological polar surface area (TPSA) is 115 Å². The number of aliphatic hydroxyl groups is 2. The number of carbonyl (C=O) groups excluding carboxylic acids is 2. The number of ether oxygens (including phenoxy) is 4. The van der Waals surface area contributed by atoms with Gasteiger partial charge in [-0.15, -0.1) is 0 Å². The Morgan fingerprint density at radius 2 is 1.71 bits per heavy atom. The maximum Gasteiger partial charge on any atom is 0.295 e. The lowest BCUT2D eigenvalue weighted by molar-refractivity contribution is -0.140. The van der Waals surface area contributed by atoms with Gasteiger partial charge in [-0.3, -0.25) is 9.59 Å². The van der Waals surface area contributed by atoms with Crippen LogP contribution in [-0.2, 0) is 14.3 Å². The van der Waals surface area contributed by atoms with Crippen LogP contribution < -0.4 is 14.2 Å². The molecule has 182 valence electrons. The Balaban J connectivity index is 2.13. The van der Waals surface area contributed by atoms with Gasteiger partial charge < -0.3 is 34.1 Å². The molecule has 1 fully saturated rings. The predicted molar refractivity (Wildman–Crippen MR) is 124 cm³/mol. The molecule has 9 heteroatoms. The molecule has 0 spiro atoms. The summed E-state index contributed by atoms with van der Waals surface area (Å²) in [6.07, 6.45) is 0. The van der Waals surface area contributed by atoms with Crippen LogP contribution in [0.4, 0.5) is 0 Å². The van der Waals surface area contributed by atoms with Gasteiger partial charge in [-0.05, 0) is 49.4 Å². The summed E-state index contributed by atoms with van der Waals surface area (Å²) in [4.78, 5) is 27.5. The largest absolute Gasteiger partial charge is 0.507 e. The number of rotatable bonds is 11. The first-order chi connectivity index (χ1) is 16.5. The van der Waals surface area contributed by atoms with Gasteiger partial charge in [0, 0.05) is 17.7 Å². The molecular weight excluding hydrogens is 442 g/mol. The number of methoxy groups -OCH3 is 2. The second kappa shape index (κ2) is 11.5. The molecule has 0 bridgehead atoms. The van der Waals surface area contributed by atoms with Crippen molar-refractivity contribution >= 4 is 17.4 Å². The van der Waals surface area contributed by atoms with E-state index in [1.54, 1.807) is 42.5 Å². The normalized spacial score (nSPS) is 17.2. The van der Waals surface area contributed by atoms with Gasteiger partial charge in [0.15, 0.2) is 0 Å². The number of benzene rings is 2. The van der Waals surface area contributed by atoms with Gasteiger partial charge in [-0.1, -0.05) is 0 Å². The fourth-order valence-electron chi connectivity index (χ4n) is 3.85. The highest BCUT2D eigenvalue weighted by Crippen LogP contribution is 2.43. The maximum atomic E-state index is 13.1. The molecule has 2 N–H and O–H groups in total. The Labute approximate surface area is 198 Å². The minimum Gasteiger partial charge on any atom is -0.507 e. The average molecular weight is 472 g/mol. The van der Waals surface area contributed by atoms with E-state index in [0.29, 0.717) is 35.0 Å². The maximum absolute atomic E-state index is 13.1. The highest BCUT2D eigenvalue weighted by Gasteiger charge is 2.47. The lowest BCUT2D eigenvalue weighted by Gasteiger charge is -2.26. The van der Waals surface area contributed by atoms with Gasteiger partial charge >= 0.3 is 0 Å². The van der Waals surface area contributed by atoms with Crippen molar-refractivity contribution in [1.82, 2.24) is 4.90 Å². The zero-order valence-electron chi connectivity index (χ0n) is 19.4. The summed E-state index contributed by atoms with van der Waals surface area (Å²) >= 11 is 0. The third-order valence-electron chi connectivity index (χ3n) is 5.42. The zero-order valence-corrected chi connectivity index (χ0v) is 19.4. The summed E-state index contributed by atoms with van der Waals surface area (Å²) in [5.41, 5.74) is 0.781. The molecule has 0 aliphatic carbocycles. The van der Waals surface area contributed by atoms with Gasteiger partial charge in [0.1, 0.15) is 23.0 Å². The van der Waals surface area contributed by atoms with Crippen molar-refractivity contribution in [2.24, 2.45) is 0 Å². The zero-order chi connectivity index (χ0) is 24.7. The summed E-state index contributed by atoms with van der Waals surface area (Å²) in [7, 11) is 2.99. The van der Waals surface area contributed by atoms with E-state index < -0.39 is 17.7 Å². The van der Waals surface area contributed by atoms with E-state index in [4.69, 9.17) is 24.1 Å². The number of Topliss-reactive ketones (excluding diaryl/α,β-unsaturated/α-hetero) is 1. The predicted octanol–water partition coefficient (Wildman–Crippen LogP) is 2.53. The number of hydrogen-bond acceptors (Lipinski definition) is 8. The van der Waals surface area contributed by atoms with Crippen molar-refractivity contribution in [3.63, 3.8) is 0 Å². The van der Waals surface area contributed by atoms with Crippen LogP contribution in [0, 0.1) is 0 Å². The number of aliphatic hydroxyl groups excluding tert-OH is 2. The molecule has 2 aromatic carbocycles.